The molecule has 1 aromatic rings. The van der Waals surface area contributed by atoms with Gasteiger partial charge in [0.1, 0.15) is 0 Å². The van der Waals surface area contributed by atoms with E-state index in [2.05, 4.69) is 25.5 Å². The third kappa shape index (κ3) is 3.50. The molecule has 0 fully saturated rings. The molecule has 1 aromatic carbocycles. The minimum atomic E-state index is -0.224. The topological polar surface area (TPSA) is 9.23 Å². The Bertz CT molecular complexity index is 196. The third-order valence-electron chi connectivity index (χ3n) is 1.33. The normalized spacial score (nSPS) is 10.5. The molecule has 0 bridgehead atoms. The standard InChI is InChI=1S/C9H13OP/c1-11(2)10-8-9-6-4-3-5-7-9/h3-7H,8H2,1-2H3. The van der Waals surface area contributed by atoms with Gasteiger partial charge in [-0.2, -0.15) is 0 Å². The van der Waals surface area contributed by atoms with Crippen LogP contribution < -0.4 is 0 Å². The van der Waals surface area contributed by atoms with Crippen molar-refractivity contribution in [3.8, 4) is 0 Å². The highest BCUT2D eigenvalue weighted by atomic mass is 31.1. The zero-order chi connectivity index (χ0) is 8.10. The lowest BCUT2D eigenvalue weighted by Crippen LogP contribution is -1.85. The third-order valence-corrected chi connectivity index (χ3v) is 1.98. The van der Waals surface area contributed by atoms with Gasteiger partial charge >= 0.3 is 0 Å². The second-order valence-corrected chi connectivity index (χ2v) is 4.45. The first-order valence-corrected chi connectivity index (χ1v) is 5.78. The van der Waals surface area contributed by atoms with E-state index >= 15 is 0 Å². The molecule has 0 amide bonds. The summed E-state index contributed by atoms with van der Waals surface area (Å²) in [5, 5.41) is 0. The van der Waals surface area contributed by atoms with Gasteiger partial charge in [0.15, 0.2) is 0 Å². The first-order chi connectivity index (χ1) is 5.29. The Hall–Kier alpha value is -0.390. The van der Waals surface area contributed by atoms with Crippen LogP contribution in [0.15, 0.2) is 30.3 Å². The molecule has 0 saturated carbocycles. The lowest BCUT2D eigenvalue weighted by molar-refractivity contribution is 0.346. The van der Waals surface area contributed by atoms with Crippen molar-refractivity contribution in [2.75, 3.05) is 13.3 Å². The molecular weight excluding hydrogens is 155 g/mol. The van der Waals surface area contributed by atoms with Crippen molar-refractivity contribution in [1.82, 2.24) is 0 Å². The van der Waals surface area contributed by atoms with Crippen LogP contribution in [0, 0.1) is 0 Å². The van der Waals surface area contributed by atoms with Crippen molar-refractivity contribution in [3.63, 3.8) is 0 Å². The van der Waals surface area contributed by atoms with Crippen LogP contribution >= 0.6 is 8.15 Å². The maximum Gasteiger partial charge on any atom is 0.0759 e. The summed E-state index contributed by atoms with van der Waals surface area (Å²) in [6.45, 7) is 4.97. The highest BCUT2D eigenvalue weighted by Gasteiger charge is 1.93. The quantitative estimate of drug-likeness (QED) is 0.630. The summed E-state index contributed by atoms with van der Waals surface area (Å²) in [6.07, 6.45) is 0. The molecule has 0 saturated heterocycles. The molecule has 0 spiro atoms. The van der Waals surface area contributed by atoms with Crippen molar-refractivity contribution in [2.24, 2.45) is 0 Å². The summed E-state index contributed by atoms with van der Waals surface area (Å²) in [5.74, 6) is 0. The predicted molar refractivity (Wildman–Crippen MR) is 50.0 cm³/mol. The molecule has 0 heterocycles. The van der Waals surface area contributed by atoms with E-state index in [9.17, 15) is 0 Å². The highest BCUT2D eigenvalue weighted by Crippen LogP contribution is 2.27. The molecule has 60 valence electrons. The summed E-state index contributed by atoms with van der Waals surface area (Å²) >= 11 is 0. The van der Waals surface area contributed by atoms with E-state index in [0.717, 1.165) is 6.61 Å². The number of rotatable bonds is 3. The Balaban J connectivity index is 2.39. The number of hydrogen-bond acceptors (Lipinski definition) is 1. The molecule has 0 aliphatic rings. The van der Waals surface area contributed by atoms with Gasteiger partial charge in [-0.05, 0) is 18.9 Å². The molecule has 2 heteroatoms. The molecule has 1 rings (SSSR count). The molecular formula is C9H13OP. The molecule has 1 nitrogen and oxygen atoms in total. The van der Waals surface area contributed by atoms with Crippen LogP contribution in [0.2, 0.25) is 0 Å². The van der Waals surface area contributed by atoms with E-state index in [4.69, 9.17) is 4.52 Å². The van der Waals surface area contributed by atoms with Crippen LogP contribution in [0.4, 0.5) is 0 Å². The summed E-state index contributed by atoms with van der Waals surface area (Å²) < 4.78 is 5.49. The fraction of sp³-hybridized carbons (Fsp3) is 0.333. The first-order valence-electron chi connectivity index (χ1n) is 3.63. The predicted octanol–water partition coefficient (Wildman–Crippen LogP) is 2.86. The lowest BCUT2D eigenvalue weighted by atomic mass is 10.2. The fourth-order valence-corrected chi connectivity index (χ4v) is 1.19. The maximum atomic E-state index is 5.49. The highest BCUT2D eigenvalue weighted by molar-refractivity contribution is 7.50. The molecule has 0 aliphatic heterocycles. The van der Waals surface area contributed by atoms with Gasteiger partial charge < -0.3 is 4.52 Å². The van der Waals surface area contributed by atoms with Gasteiger partial charge in [0.2, 0.25) is 0 Å². The summed E-state index contributed by atoms with van der Waals surface area (Å²) in [7, 11) is -0.224. The lowest BCUT2D eigenvalue weighted by Gasteiger charge is -2.06. The number of hydrogen-bond donors (Lipinski definition) is 0. The molecule has 0 N–H and O–H groups in total. The number of benzene rings is 1. The molecule has 0 aromatic heterocycles. The van der Waals surface area contributed by atoms with E-state index in [1.165, 1.54) is 5.56 Å². The van der Waals surface area contributed by atoms with Crippen LogP contribution in [0.3, 0.4) is 0 Å². The van der Waals surface area contributed by atoms with Crippen molar-refractivity contribution in [3.05, 3.63) is 35.9 Å². The van der Waals surface area contributed by atoms with Crippen molar-refractivity contribution >= 4 is 8.15 Å². The Morgan fingerprint density at radius 1 is 1.18 bits per heavy atom. The minimum Gasteiger partial charge on any atom is -0.355 e. The van der Waals surface area contributed by atoms with Crippen LogP contribution in [0.5, 0.6) is 0 Å². The second-order valence-electron chi connectivity index (χ2n) is 2.57. The Morgan fingerprint density at radius 3 is 2.36 bits per heavy atom. The largest absolute Gasteiger partial charge is 0.355 e. The molecule has 0 radical (unpaired) electrons. The monoisotopic (exact) mass is 168 g/mol. The van der Waals surface area contributed by atoms with Gasteiger partial charge in [0.05, 0.1) is 6.61 Å². The van der Waals surface area contributed by atoms with Gasteiger partial charge in [0, 0.05) is 8.15 Å². The molecule has 0 atom stereocenters. The molecule has 0 unspecified atom stereocenters. The van der Waals surface area contributed by atoms with Crippen molar-refractivity contribution in [2.45, 2.75) is 6.61 Å². The average Bonchev–Trinajstić information content (AvgIpc) is 2.03. The Morgan fingerprint density at radius 2 is 1.82 bits per heavy atom. The first kappa shape index (κ1) is 8.70. The zero-order valence-electron chi connectivity index (χ0n) is 6.95. The van der Waals surface area contributed by atoms with Crippen LogP contribution in [0.1, 0.15) is 5.56 Å². The minimum absolute atomic E-state index is 0.224. The maximum absolute atomic E-state index is 5.49. The van der Waals surface area contributed by atoms with Crippen molar-refractivity contribution in [1.29, 1.82) is 0 Å². The van der Waals surface area contributed by atoms with Gasteiger partial charge in [-0.25, -0.2) is 0 Å². The zero-order valence-corrected chi connectivity index (χ0v) is 7.84. The van der Waals surface area contributed by atoms with E-state index in [-0.39, 0.29) is 8.15 Å². The van der Waals surface area contributed by atoms with E-state index < -0.39 is 0 Å². The van der Waals surface area contributed by atoms with Crippen LogP contribution in [-0.4, -0.2) is 13.3 Å². The Labute approximate surface area is 69.2 Å². The van der Waals surface area contributed by atoms with E-state index in [1.807, 2.05) is 18.2 Å². The summed E-state index contributed by atoms with van der Waals surface area (Å²) in [6, 6.07) is 10.3. The van der Waals surface area contributed by atoms with Gasteiger partial charge in [-0.3, -0.25) is 0 Å². The fourth-order valence-electron chi connectivity index (χ4n) is 0.778. The molecule has 11 heavy (non-hydrogen) atoms. The van der Waals surface area contributed by atoms with Gasteiger partial charge in [0.25, 0.3) is 0 Å². The van der Waals surface area contributed by atoms with Crippen molar-refractivity contribution < 1.29 is 4.52 Å². The van der Waals surface area contributed by atoms with Gasteiger partial charge in [-0.1, -0.05) is 30.3 Å². The molecule has 0 aliphatic carbocycles. The summed E-state index contributed by atoms with van der Waals surface area (Å²) in [4.78, 5) is 0. The second kappa shape index (κ2) is 4.48. The summed E-state index contributed by atoms with van der Waals surface area (Å²) in [5.41, 5.74) is 1.25. The average molecular weight is 168 g/mol. The van der Waals surface area contributed by atoms with E-state index in [0.29, 0.717) is 0 Å². The Kier molecular flexibility index (Phi) is 3.55. The van der Waals surface area contributed by atoms with Crippen LogP contribution in [0.25, 0.3) is 0 Å². The smallest absolute Gasteiger partial charge is 0.0759 e. The van der Waals surface area contributed by atoms with Crippen LogP contribution in [-0.2, 0) is 11.1 Å². The SMILES string of the molecule is CP(C)OCc1ccccc1. The van der Waals surface area contributed by atoms with Gasteiger partial charge in [-0.15, -0.1) is 0 Å². The van der Waals surface area contributed by atoms with E-state index in [1.54, 1.807) is 0 Å².